The number of hydrogen-bond donors (Lipinski definition) is 1. The van der Waals surface area contributed by atoms with Crippen molar-refractivity contribution in [2.75, 3.05) is 0 Å². The van der Waals surface area contributed by atoms with Crippen molar-refractivity contribution in [3.05, 3.63) is 51.2 Å². The van der Waals surface area contributed by atoms with Crippen LogP contribution in [-0.2, 0) is 0 Å². The highest BCUT2D eigenvalue weighted by atomic mass is 35.5. The predicted octanol–water partition coefficient (Wildman–Crippen LogP) is 3.35. The third kappa shape index (κ3) is 2.59. The van der Waals surface area contributed by atoms with Crippen LogP contribution in [0.3, 0.4) is 0 Å². The maximum atomic E-state index is 13.0. The van der Waals surface area contributed by atoms with E-state index in [1.807, 2.05) is 13.8 Å². The van der Waals surface area contributed by atoms with E-state index in [0.717, 1.165) is 0 Å². The minimum absolute atomic E-state index is 0.130. The third-order valence-corrected chi connectivity index (χ3v) is 2.85. The maximum absolute atomic E-state index is 13.0. The van der Waals surface area contributed by atoms with Crippen LogP contribution in [0.25, 0.3) is 11.4 Å². The Morgan fingerprint density at radius 1 is 1.33 bits per heavy atom. The first-order valence-electron chi connectivity index (χ1n) is 5.54. The molecule has 0 amide bonds. The van der Waals surface area contributed by atoms with Crippen LogP contribution in [0.1, 0.15) is 25.5 Å². The van der Waals surface area contributed by atoms with Gasteiger partial charge >= 0.3 is 0 Å². The van der Waals surface area contributed by atoms with Crippen LogP contribution in [0, 0.1) is 5.82 Å². The van der Waals surface area contributed by atoms with Gasteiger partial charge in [-0.3, -0.25) is 4.79 Å². The van der Waals surface area contributed by atoms with Crippen molar-refractivity contribution in [1.29, 1.82) is 0 Å². The van der Waals surface area contributed by atoms with Gasteiger partial charge in [-0.15, -0.1) is 0 Å². The van der Waals surface area contributed by atoms with Gasteiger partial charge in [0, 0.05) is 11.6 Å². The normalized spacial score (nSPS) is 10.9. The van der Waals surface area contributed by atoms with E-state index in [2.05, 4.69) is 9.97 Å². The average Bonchev–Trinajstić information content (AvgIpc) is 2.27. The Bertz CT molecular complexity index is 637. The zero-order valence-electron chi connectivity index (χ0n) is 10.00. The molecule has 5 heteroatoms. The summed E-state index contributed by atoms with van der Waals surface area (Å²) in [6, 6.07) is 5.42. The van der Waals surface area contributed by atoms with E-state index in [9.17, 15) is 9.18 Å². The SMILES string of the molecule is CC(C)c1cc(=O)[nH]c(-c2ccc(F)cc2Cl)n1. The molecule has 2 rings (SSSR count). The number of rotatable bonds is 2. The smallest absolute Gasteiger partial charge is 0.251 e. The van der Waals surface area contributed by atoms with E-state index < -0.39 is 5.82 Å². The largest absolute Gasteiger partial charge is 0.306 e. The zero-order valence-corrected chi connectivity index (χ0v) is 10.8. The van der Waals surface area contributed by atoms with Crippen molar-refractivity contribution in [2.45, 2.75) is 19.8 Å². The highest BCUT2D eigenvalue weighted by molar-refractivity contribution is 6.33. The lowest BCUT2D eigenvalue weighted by atomic mass is 10.1. The van der Waals surface area contributed by atoms with Gasteiger partial charge in [0.25, 0.3) is 5.56 Å². The minimum Gasteiger partial charge on any atom is -0.306 e. The molecule has 0 atom stereocenters. The number of hydrogen-bond acceptors (Lipinski definition) is 2. The second-order valence-electron chi connectivity index (χ2n) is 4.30. The van der Waals surface area contributed by atoms with Gasteiger partial charge in [-0.2, -0.15) is 0 Å². The molecule has 0 saturated carbocycles. The van der Waals surface area contributed by atoms with Crippen molar-refractivity contribution >= 4 is 11.6 Å². The Labute approximate surface area is 109 Å². The molecule has 1 heterocycles. The molecule has 0 spiro atoms. The van der Waals surface area contributed by atoms with Gasteiger partial charge in [0.05, 0.1) is 10.7 Å². The average molecular weight is 267 g/mol. The summed E-state index contributed by atoms with van der Waals surface area (Å²) in [6.07, 6.45) is 0. The molecule has 0 radical (unpaired) electrons. The summed E-state index contributed by atoms with van der Waals surface area (Å²) < 4.78 is 13.0. The maximum Gasteiger partial charge on any atom is 0.251 e. The molecule has 0 unspecified atom stereocenters. The Kier molecular flexibility index (Phi) is 3.48. The summed E-state index contributed by atoms with van der Waals surface area (Å²) in [5.74, 6) is 0.0626. The molecule has 0 bridgehead atoms. The number of benzene rings is 1. The van der Waals surface area contributed by atoms with Gasteiger partial charge in [0.1, 0.15) is 11.6 Å². The van der Waals surface area contributed by atoms with Crippen LogP contribution in [-0.4, -0.2) is 9.97 Å². The molecule has 0 aliphatic carbocycles. The lowest BCUT2D eigenvalue weighted by Crippen LogP contribution is -2.11. The van der Waals surface area contributed by atoms with Crippen LogP contribution in [0.5, 0.6) is 0 Å². The number of aromatic nitrogens is 2. The van der Waals surface area contributed by atoms with E-state index in [-0.39, 0.29) is 16.5 Å². The van der Waals surface area contributed by atoms with E-state index in [4.69, 9.17) is 11.6 Å². The molecule has 0 aliphatic rings. The first-order valence-corrected chi connectivity index (χ1v) is 5.92. The van der Waals surface area contributed by atoms with Gasteiger partial charge in [0.15, 0.2) is 0 Å². The van der Waals surface area contributed by atoms with E-state index in [1.54, 1.807) is 0 Å². The molecule has 1 aromatic carbocycles. The first kappa shape index (κ1) is 12.8. The molecular formula is C13H12ClFN2O. The fourth-order valence-electron chi connectivity index (χ4n) is 1.58. The topological polar surface area (TPSA) is 45.8 Å². The monoisotopic (exact) mass is 266 g/mol. The van der Waals surface area contributed by atoms with E-state index in [1.165, 1.54) is 24.3 Å². The first-order chi connectivity index (χ1) is 8.47. The van der Waals surface area contributed by atoms with Crippen LogP contribution < -0.4 is 5.56 Å². The Morgan fingerprint density at radius 2 is 2.06 bits per heavy atom. The second-order valence-corrected chi connectivity index (χ2v) is 4.70. The molecule has 0 saturated heterocycles. The predicted molar refractivity (Wildman–Crippen MR) is 69.4 cm³/mol. The third-order valence-electron chi connectivity index (χ3n) is 2.54. The number of halogens is 2. The second kappa shape index (κ2) is 4.90. The Hall–Kier alpha value is -1.68. The zero-order chi connectivity index (χ0) is 13.3. The van der Waals surface area contributed by atoms with Crippen molar-refractivity contribution < 1.29 is 4.39 Å². The lowest BCUT2D eigenvalue weighted by molar-refractivity contribution is 0.628. The van der Waals surface area contributed by atoms with Crippen molar-refractivity contribution in [3.8, 4) is 11.4 Å². The summed E-state index contributed by atoms with van der Waals surface area (Å²) in [4.78, 5) is 18.5. The summed E-state index contributed by atoms with van der Waals surface area (Å²) in [5, 5.41) is 0.221. The van der Waals surface area contributed by atoms with Crippen molar-refractivity contribution in [2.24, 2.45) is 0 Å². The fraction of sp³-hybridized carbons (Fsp3) is 0.231. The Morgan fingerprint density at radius 3 is 2.67 bits per heavy atom. The van der Waals surface area contributed by atoms with Gasteiger partial charge in [0.2, 0.25) is 0 Å². The molecule has 3 nitrogen and oxygen atoms in total. The van der Waals surface area contributed by atoms with Crippen LogP contribution in [0.4, 0.5) is 4.39 Å². The van der Waals surface area contributed by atoms with Gasteiger partial charge in [-0.05, 0) is 24.1 Å². The minimum atomic E-state index is -0.425. The number of nitrogens with zero attached hydrogens (tertiary/aromatic N) is 1. The molecule has 1 aromatic heterocycles. The van der Waals surface area contributed by atoms with Gasteiger partial charge < -0.3 is 4.98 Å². The van der Waals surface area contributed by atoms with Gasteiger partial charge in [-0.25, -0.2) is 9.37 Å². The quantitative estimate of drug-likeness (QED) is 0.906. The molecule has 0 aliphatic heterocycles. The highest BCUT2D eigenvalue weighted by Gasteiger charge is 2.10. The summed E-state index contributed by atoms with van der Waals surface area (Å²) in [5.41, 5.74) is 0.941. The summed E-state index contributed by atoms with van der Waals surface area (Å²) >= 11 is 5.95. The van der Waals surface area contributed by atoms with Gasteiger partial charge in [-0.1, -0.05) is 25.4 Å². The number of aromatic amines is 1. The van der Waals surface area contributed by atoms with E-state index >= 15 is 0 Å². The number of H-pyrrole nitrogens is 1. The standard InChI is InChI=1S/C13H12ClFN2O/c1-7(2)11-6-12(18)17-13(16-11)9-4-3-8(15)5-10(9)14/h3-7H,1-2H3,(H,16,17,18). The molecular weight excluding hydrogens is 255 g/mol. The highest BCUT2D eigenvalue weighted by Crippen LogP contribution is 2.25. The summed E-state index contributed by atoms with van der Waals surface area (Å²) in [7, 11) is 0. The molecule has 1 N–H and O–H groups in total. The van der Waals surface area contributed by atoms with Crippen molar-refractivity contribution in [3.63, 3.8) is 0 Å². The summed E-state index contributed by atoms with van der Waals surface area (Å²) in [6.45, 7) is 3.88. The van der Waals surface area contributed by atoms with Crippen molar-refractivity contribution in [1.82, 2.24) is 9.97 Å². The fourth-order valence-corrected chi connectivity index (χ4v) is 1.84. The molecule has 0 fully saturated rings. The van der Waals surface area contributed by atoms with Crippen LogP contribution in [0.2, 0.25) is 5.02 Å². The van der Waals surface area contributed by atoms with Crippen LogP contribution >= 0.6 is 11.6 Å². The van der Waals surface area contributed by atoms with Crippen LogP contribution in [0.15, 0.2) is 29.1 Å². The van der Waals surface area contributed by atoms with E-state index in [0.29, 0.717) is 17.1 Å². The molecule has 94 valence electrons. The number of nitrogens with one attached hydrogen (secondary N) is 1. The molecule has 2 aromatic rings. The molecule has 18 heavy (non-hydrogen) atoms. The Balaban J connectivity index is 2.60. The lowest BCUT2D eigenvalue weighted by Gasteiger charge is -2.08.